The van der Waals surface area contributed by atoms with Gasteiger partial charge in [-0.15, -0.1) is 0 Å². The number of ether oxygens (including phenoxy) is 1. The first-order valence-electron chi connectivity index (χ1n) is 7.91. The number of carbonyl (C=O) groups excluding carboxylic acids is 2. The van der Waals surface area contributed by atoms with Crippen LogP contribution in [0.1, 0.15) is 37.9 Å². The number of nitrogens with one attached hydrogen (secondary N) is 1. The maximum Gasteiger partial charge on any atom is 0.341 e. The molecule has 0 unspecified atom stereocenters. The average molecular weight is 356 g/mol. The third kappa shape index (κ3) is 3.42. The maximum atomic E-state index is 13.4. The molecule has 0 aliphatic rings. The molecule has 0 radical (unpaired) electrons. The number of hydrogen-bond donors (Lipinski definition) is 1. The van der Waals surface area contributed by atoms with Crippen LogP contribution in [0.2, 0.25) is 0 Å². The van der Waals surface area contributed by atoms with Crippen LogP contribution in [0.5, 0.6) is 0 Å². The molecule has 3 aromatic rings. The number of halogens is 1. The second kappa shape index (κ2) is 6.95. The van der Waals surface area contributed by atoms with Gasteiger partial charge >= 0.3 is 5.97 Å². The summed E-state index contributed by atoms with van der Waals surface area (Å²) in [6.07, 6.45) is 0. The van der Waals surface area contributed by atoms with Gasteiger partial charge in [0.1, 0.15) is 22.9 Å². The third-order valence-electron chi connectivity index (χ3n) is 3.94. The molecule has 2 aromatic heterocycles. The molecule has 0 aliphatic heterocycles. The van der Waals surface area contributed by atoms with Gasteiger partial charge in [-0.3, -0.25) is 9.78 Å². The molecule has 2 heterocycles. The Bertz CT molecular complexity index is 1000. The fraction of sp³-hybridized carbons (Fsp3) is 0.211. The number of carbonyl (C=O) groups is 2. The van der Waals surface area contributed by atoms with E-state index in [4.69, 9.17) is 4.42 Å². The van der Waals surface area contributed by atoms with Crippen molar-refractivity contribution < 1.29 is 23.1 Å². The molecule has 0 fully saturated rings. The van der Waals surface area contributed by atoms with Crippen molar-refractivity contribution in [1.29, 1.82) is 0 Å². The highest BCUT2D eigenvalue weighted by atomic mass is 19.1. The molecule has 0 atom stereocenters. The summed E-state index contributed by atoms with van der Waals surface area (Å²) >= 11 is 0. The number of hydrogen-bond acceptors (Lipinski definition) is 5. The van der Waals surface area contributed by atoms with Gasteiger partial charge in [0.2, 0.25) is 0 Å². The topological polar surface area (TPSA) is 81.4 Å². The number of amides is 1. The van der Waals surface area contributed by atoms with Crippen molar-refractivity contribution in [3.05, 3.63) is 64.5 Å². The fourth-order valence-corrected chi connectivity index (χ4v) is 2.73. The van der Waals surface area contributed by atoms with Crippen molar-refractivity contribution in [3.8, 4) is 0 Å². The van der Waals surface area contributed by atoms with Gasteiger partial charge in [0.05, 0.1) is 24.7 Å². The largest absolute Gasteiger partial charge is 0.465 e. The van der Waals surface area contributed by atoms with Crippen LogP contribution in [0.4, 0.5) is 4.39 Å². The van der Waals surface area contributed by atoms with Crippen LogP contribution in [0.25, 0.3) is 10.9 Å². The number of esters is 1. The summed E-state index contributed by atoms with van der Waals surface area (Å²) in [6.45, 7) is 3.48. The highest BCUT2D eigenvalue weighted by Crippen LogP contribution is 2.20. The SMILES string of the molecule is COC(=O)c1cc(CNC(=O)c2cc(C)nc3cc(F)ccc23)oc1C. The second-order valence-electron chi connectivity index (χ2n) is 5.83. The van der Waals surface area contributed by atoms with E-state index in [1.807, 2.05) is 0 Å². The third-order valence-corrected chi connectivity index (χ3v) is 3.94. The van der Waals surface area contributed by atoms with Crippen molar-refractivity contribution >= 4 is 22.8 Å². The fourth-order valence-electron chi connectivity index (χ4n) is 2.73. The van der Waals surface area contributed by atoms with Crippen LogP contribution in [-0.2, 0) is 11.3 Å². The highest BCUT2D eigenvalue weighted by Gasteiger charge is 2.17. The number of benzene rings is 1. The van der Waals surface area contributed by atoms with Gasteiger partial charge in [0, 0.05) is 17.1 Å². The van der Waals surface area contributed by atoms with Gasteiger partial charge in [0.25, 0.3) is 5.91 Å². The number of nitrogens with zero attached hydrogens (tertiary/aromatic N) is 1. The molecule has 0 spiro atoms. The van der Waals surface area contributed by atoms with Gasteiger partial charge in [0.15, 0.2) is 0 Å². The Balaban J connectivity index is 1.83. The maximum absolute atomic E-state index is 13.4. The Morgan fingerprint density at radius 3 is 2.69 bits per heavy atom. The zero-order valence-corrected chi connectivity index (χ0v) is 14.6. The molecule has 134 valence electrons. The van der Waals surface area contributed by atoms with Gasteiger partial charge in [-0.1, -0.05) is 0 Å². The normalized spacial score (nSPS) is 10.8. The molecule has 0 bridgehead atoms. The molecule has 0 saturated carbocycles. The first-order valence-corrected chi connectivity index (χ1v) is 7.91. The number of fused-ring (bicyclic) bond motifs is 1. The predicted octanol–water partition coefficient (Wildman–Crippen LogP) is 3.30. The standard InChI is InChI=1S/C19H17FN2O4/c1-10-6-16(14-5-4-12(20)7-17(14)22-10)18(23)21-9-13-8-15(11(2)26-13)19(24)25-3/h4-8H,9H2,1-3H3,(H,21,23). The van der Waals surface area contributed by atoms with E-state index in [1.165, 1.54) is 31.4 Å². The highest BCUT2D eigenvalue weighted by molar-refractivity contribution is 6.06. The number of furan rings is 1. The van der Waals surface area contributed by atoms with Crippen LogP contribution >= 0.6 is 0 Å². The summed E-state index contributed by atoms with van der Waals surface area (Å²) in [5.41, 5.74) is 1.73. The van der Waals surface area contributed by atoms with E-state index in [-0.39, 0.29) is 12.5 Å². The number of pyridine rings is 1. The van der Waals surface area contributed by atoms with Crippen LogP contribution in [0.15, 0.2) is 34.7 Å². The Morgan fingerprint density at radius 2 is 1.96 bits per heavy atom. The monoisotopic (exact) mass is 356 g/mol. The van der Waals surface area contributed by atoms with Crippen LogP contribution in [0, 0.1) is 19.7 Å². The Labute approximate surface area is 149 Å². The zero-order valence-electron chi connectivity index (χ0n) is 14.6. The molecular formula is C19H17FN2O4. The van der Waals surface area contributed by atoms with Crippen LogP contribution in [-0.4, -0.2) is 24.0 Å². The quantitative estimate of drug-likeness (QED) is 0.726. The van der Waals surface area contributed by atoms with Crippen molar-refractivity contribution in [3.63, 3.8) is 0 Å². The Hall–Kier alpha value is -3.22. The summed E-state index contributed by atoms with van der Waals surface area (Å²) in [4.78, 5) is 28.4. The van der Waals surface area contributed by atoms with Crippen molar-refractivity contribution in [2.75, 3.05) is 7.11 Å². The minimum atomic E-state index is -0.499. The van der Waals surface area contributed by atoms with Crippen LogP contribution in [0.3, 0.4) is 0 Å². The zero-order chi connectivity index (χ0) is 18.8. The Kier molecular flexibility index (Phi) is 4.71. The molecule has 3 rings (SSSR count). The molecule has 0 saturated heterocycles. The minimum Gasteiger partial charge on any atom is -0.465 e. The van der Waals surface area contributed by atoms with E-state index in [9.17, 15) is 14.0 Å². The van der Waals surface area contributed by atoms with Crippen LogP contribution < -0.4 is 5.32 Å². The van der Waals surface area contributed by atoms with Gasteiger partial charge in [-0.05, 0) is 38.1 Å². The van der Waals surface area contributed by atoms with Crippen molar-refractivity contribution in [2.45, 2.75) is 20.4 Å². The van der Waals surface area contributed by atoms with Gasteiger partial charge < -0.3 is 14.5 Å². The number of methoxy groups -OCH3 is 1. The number of aromatic nitrogens is 1. The molecule has 0 aliphatic carbocycles. The number of rotatable bonds is 4. The summed E-state index contributed by atoms with van der Waals surface area (Å²) in [7, 11) is 1.29. The lowest BCUT2D eigenvalue weighted by molar-refractivity contribution is 0.0598. The summed E-state index contributed by atoms with van der Waals surface area (Å²) in [5, 5.41) is 3.30. The molecule has 6 nitrogen and oxygen atoms in total. The van der Waals surface area contributed by atoms with E-state index in [0.29, 0.717) is 39.2 Å². The van der Waals surface area contributed by atoms with Gasteiger partial charge in [-0.2, -0.15) is 0 Å². The Morgan fingerprint density at radius 1 is 1.19 bits per heavy atom. The predicted molar refractivity (Wildman–Crippen MR) is 92.4 cm³/mol. The lowest BCUT2D eigenvalue weighted by Crippen LogP contribution is -2.23. The lowest BCUT2D eigenvalue weighted by atomic mass is 10.1. The lowest BCUT2D eigenvalue weighted by Gasteiger charge is -2.08. The van der Waals surface area contributed by atoms with E-state index < -0.39 is 11.8 Å². The van der Waals surface area contributed by atoms with Crippen molar-refractivity contribution in [1.82, 2.24) is 10.3 Å². The summed E-state index contributed by atoms with van der Waals surface area (Å²) in [5.74, 6) is -0.412. The second-order valence-corrected chi connectivity index (χ2v) is 5.83. The molecular weight excluding hydrogens is 339 g/mol. The first kappa shape index (κ1) is 17.6. The molecule has 1 aromatic carbocycles. The summed E-state index contributed by atoms with van der Waals surface area (Å²) in [6, 6.07) is 7.28. The van der Waals surface area contributed by atoms with E-state index >= 15 is 0 Å². The van der Waals surface area contributed by atoms with Crippen molar-refractivity contribution in [2.24, 2.45) is 0 Å². The minimum absolute atomic E-state index is 0.0979. The number of aryl methyl sites for hydroxylation is 2. The molecule has 1 N–H and O–H groups in total. The summed E-state index contributed by atoms with van der Waals surface area (Å²) < 4.78 is 23.6. The molecule has 7 heteroatoms. The first-order chi connectivity index (χ1) is 12.4. The average Bonchev–Trinajstić information content (AvgIpc) is 2.98. The van der Waals surface area contributed by atoms with Gasteiger partial charge in [-0.25, -0.2) is 9.18 Å². The van der Waals surface area contributed by atoms with E-state index in [1.54, 1.807) is 19.9 Å². The van der Waals surface area contributed by atoms with E-state index in [0.717, 1.165) is 0 Å². The van der Waals surface area contributed by atoms with E-state index in [2.05, 4.69) is 15.0 Å². The smallest absolute Gasteiger partial charge is 0.341 e. The molecule has 1 amide bonds. The molecule has 26 heavy (non-hydrogen) atoms.